The quantitative estimate of drug-likeness (QED) is 0.519. The summed E-state index contributed by atoms with van der Waals surface area (Å²) in [6.07, 6.45) is 4.13. The number of nitrogen functional groups attached to an aromatic ring is 1. The number of piperazine rings is 1. The maximum atomic E-state index is 13.6. The predicted octanol–water partition coefficient (Wildman–Crippen LogP) is 2.60. The highest BCUT2D eigenvalue weighted by Crippen LogP contribution is 2.38. The molecule has 4 saturated heterocycles. The number of piperidine rings is 3. The zero-order valence-electron chi connectivity index (χ0n) is 21.4. The van der Waals surface area contributed by atoms with Crippen LogP contribution in [0.2, 0.25) is 0 Å². The fourth-order valence-corrected chi connectivity index (χ4v) is 6.33. The molecular weight excluding hydrogens is 466 g/mol. The normalized spacial score (nSPS) is 25.3. The smallest absolute Gasteiger partial charge is 0.227 e. The molecule has 7 rings (SSSR count). The molecule has 0 aliphatic carbocycles. The van der Waals surface area contributed by atoms with Crippen LogP contribution in [0.4, 0.5) is 11.4 Å². The molecule has 4 atom stereocenters. The van der Waals surface area contributed by atoms with Crippen molar-refractivity contribution in [2.45, 2.75) is 25.4 Å². The van der Waals surface area contributed by atoms with Crippen molar-refractivity contribution >= 4 is 17.3 Å². The highest BCUT2D eigenvalue weighted by atomic mass is 16.5. The van der Waals surface area contributed by atoms with E-state index in [1.165, 1.54) is 0 Å². The van der Waals surface area contributed by atoms with E-state index in [4.69, 9.17) is 10.5 Å². The zero-order valence-corrected chi connectivity index (χ0v) is 21.4. The fraction of sp³-hybridized carbons (Fsp3) is 0.464. The third kappa shape index (κ3) is 4.75. The van der Waals surface area contributed by atoms with Gasteiger partial charge in [-0.15, -0.1) is 5.10 Å². The number of nitrogens with two attached hydrogens (primary N) is 1. The van der Waals surface area contributed by atoms with Crippen LogP contribution in [0.3, 0.4) is 0 Å². The molecule has 0 radical (unpaired) electrons. The molecule has 0 saturated carbocycles. The van der Waals surface area contributed by atoms with Gasteiger partial charge < -0.3 is 20.3 Å². The number of hydrogen-bond acceptors (Lipinski definition) is 7. The second-order valence-electron chi connectivity index (χ2n) is 10.5. The molecule has 2 aromatic carbocycles. The van der Waals surface area contributed by atoms with Crippen LogP contribution in [0.5, 0.6) is 5.75 Å². The van der Waals surface area contributed by atoms with Gasteiger partial charge in [0.15, 0.2) is 0 Å². The maximum Gasteiger partial charge on any atom is 0.227 e. The van der Waals surface area contributed by atoms with Gasteiger partial charge in [0.05, 0.1) is 31.5 Å². The minimum Gasteiger partial charge on any atom is -0.495 e. The van der Waals surface area contributed by atoms with Crippen LogP contribution >= 0.6 is 0 Å². The molecule has 5 heterocycles. The van der Waals surface area contributed by atoms with E-state index in [1.807, 2.05) is 53.3 Å². The van der Waals surface area contributed by atoms with Crippen molar-refractivity contribution in [2.24, 2.45) is 11.8 Å². The molecule has 4 aliphatic heterocycles. The summed E-state index contributed by atoms with van der Waals surface area (Å²) in [6, 6.07) is 16.2. The summed E-state index contributed by atoms with van der Waals surface area (Å²) in [5, 5.41) is 8.75. The number of benzene rings is 2. The third-order valence-corrected chi connectivity index (χ3v) is 8.33. The molecule has 194 valence electrons. The topological polar surface area (TPSA) is 92.8 Å². The lowest BCUT2D eigenvalue weighted by atomic mass is 9.75. The van der Waals surface area contributed by atoms with Gasteiger partial charge in [-0.3, -0.25) is 14.4 Å². The molecule has 9 nitrogen and oxygen atoms in total. The Kier molecular flexibility index (Phi) is 6.46. The van der Waals surface area contributed by atoms with Crippen LogP contribution in [-0.2, 0) is 11.3 Å². The minimum atomic E-state index is 0.0985. The van der Waals surface area contributed by atoms with E-state index in [0.29, 0.717) is 17.9 Å². The summed E-state index contributed by atoms with van der Waals surface area (Å²) in [5.41, 5.74) is 9.57. The molecule has 2 bridgehead atoms. The minimum absolute atomic E-state index is 0.0985. The van der Waals surface area contributed by atoms with E-state index in [9.17, 15) is 4.79 Å². The molecule has 1 amide bonds. The van der Waals surface area contributed by atoms with Crippen LogP contribution in [0, 0.1) is 11.8 Å². The summed E-state index contributed by atoms with van der Waals surface area (Å²) in [4.78, 5) is 20.5. The highest BCUT2D eigenvalue weighted by Gasteiger charge is 2.44. The Morgan fingerprint density at radius 2 is 1.92 bits per heavy atom. The van der Waals surface area contributed by atoms with Crippen molar-refractivity contribution in [1.29, 1.82) is 0 Å². The Morgan fingerprint density at radius 3 is 2.68 bits per heavy atom. The Labute approximate surface area is 217 Å². The molecule has 0 spiro atoms. The number of ether oxygens (including phenoxy) is 1. The lowest BCUT2D eigenvalue weighted by Gasteiger charge is -2.50. The fourth-order valence-electron chi connectivity index (χ4n) is 6.33. The number of nitrogens with zero attached hydrogens (tertiary/aromatic N) is 6. The number of fused-ring (bicyclic) bond motifs is 3. The largest absolute Gasteiger partial charge is 0.495 e. The first-order valence-electron chi connectivity index (χ1n) is 13.3. The number of aromatic nitrogens is 3. The monoisotopic (exact) mass is 501 g/mol. The molecule has 9 heteroatoms. The highest BCUT2D eigenvalue weighted by molar-refractivity contribution is 5.80. The first-order valence-corrected chi connectivity index (χ1v) is 13.3. The van der Waals surface area contributed by atoms with E-state index in [-0.39, 0.29) is 5.92 Å². The van der Waals surface area contributed by atoms with E-state index >= 15 is 0 Å². The van der Waals surface area contributed by atoms with Gasteiger partial charge in [0.2, 0.25) is 5.91 Å². The van der Waals surface area contributed by atoms with Crippen LogP contribution in [0.15, 0.2) is 54.7 Å². The van der Waals surface area contributed by atoms with Crippen LogP contribution in [-0.4, -0.2) is 83.1 Å². The molecular formula is C28H35N7O2. The zero-order chi connectivity index (χ0) is 25.4. The lowest BCUT2D eigenvalue weighted by Crippen LogP contribution is -2.60. The average Bonchev–Trinajstić information content (AvgIpc) is 3.41. The first-order chi connectivity index (χ1) is 18.1. The second-order valence-corrected chi connectivity index (χ2v) is 10.5. The molecule has 3 aromatic rings. The Balaban J connectivity index is 1.05. The molecule has 4 fully saturated rings. The Morgan fingerprint density at radius 1 is 1.08 bits per heavy atom. The summed E-state index contributed by atoms with van der Waals surface area (Å²) in [5.74, 6) is 1.75. The maximum absolute atomic E-state index is 13.6. The third-order valence-electron chi connectivity index (χ3n) is 8.33. The van der Waals surface area contributed by atoms with E-state index in [2.05, 4.69) is 31.1 Å². The van der Waals surface area contributed by atoms with Crippen molar-refractivity contribution < 1.29 is 9.53 Å². The average molecular weight is 502 g/mol. The van der Waals surface area contributed by atoms with Crippen molar-refractivity contribution in [3.63, 3.8) is 0 Å². The van der Waals surface area contributed by atoms with E-state index < -0.39 is 0 Å². The van der Waals surface area contributed by atoms with E-state index in [1.54, 1.807) is 7.11 Å². The number of carbonyl (C=O) groups is 1. The van der Waals surface area contributed by atoms with Crippen molar-refractivity contribution in [2.75, 3.05) is 57.0 Å². The van der Waals surface area contributed by atoms with Crippen LogP contribution in [0.25, 0.3) is 11.3 Å². The summed E-state index contributed by atoms with van der Waals surface area (Å²) in [6.45, 7) is 5.87. The number of para-hydroxylation sites is 2. The van der Waals surface area contributed by atoms with Crippen molar-refractivity contribution in [1.82, 2.24) is 24.8 Å². The molecule has 2 N–H and O–H groups in total. The SMILES string of the molecule is COc1ccccc1N1CCN(C(=O)[C@@H]2CN3CC[C@H]2C[C@@H]3Cn2cc(-c3cccc(N)c3)nn2)CC1. The van der Waals surface area contributed by atoms with Gasteiger partial charge in [-0.25, -0.2) is 0 Å². The van der Waals surface area contributed by atoms with Gasteiger partial charge in [-0.2, -0.15) is 0 Å². The number of rotatable bonds is 6. The summed E-state index contributed by atoms with van der Waals surface area (Å²) < 4.78 is 7.48. The Hall–Kier alpha value is -3.59. The summed E-state index contributed by atoms with van der Waals surface area (Å²) in [7, 11) is 1.71. The van der Waals surface area contributed by atoms with Crippen molar-refractivity contribution in [3.8, 4) is 17.0 Å². The Bertz CT molecular complexity index is 1250. The second kappa shape index (κ2) is 10.0. The van der Waals surface area contributed by atoms with Gasteiger partial charge in [0.25, 0.3) is 0 Å². The van der Waals surface area contributed by atoms with E-state index in [0.717, 1.165) is 87.0 Å². The number of anilines is 2. The molecule has 1 unspecified atom stereocenters. The number of carbonyl (C=O) groups excluding carboxylic acids is 1. The molecule has 1 aromatic heterocycles. The standard InChI is InChI=1S/C28H35N7O2/c1-37-27-8-3-2-7-26(27)32-11-13-33(14-12-32)28(36)24-18-34-10-9-20(24)16-23(34)17-35-19-25(30-31-35)21-5-4-6-22(29)15-21/h2-8,15,19-20,23-24H,9-14,16-18,29H2,1H3/t20-,23+,24+/m0/s1. The van der Waals surface area contributed by atoms with Crippen molar-refractivity contribution in [3.05, 3.63) is 54.7 Å². The van der Waals surface area contributed by atoms with Gasteiger partial charge in [0.1, 0.15) is 11.4 Å². The first kappa shape index (κ1) is 23.8. The number of hydrogen-bond donors (Lipinski definition) is 1. The van der Waals surface area contributed by atoms with Gasteiger partial charge in [-0.1, -0.05) is 29.5 Å². The lowest BCUT2D eigenvalue weighted by molar-refractivity contribution is -0.144. The van der Waals surface area contributed by atoms with Crippen LogP contribution < -0.4 is 15.4 Å². The molecule has 4 aliphatic rings. The number of methoxy groups -OCH3 is 1. The van der Waals surface area contributed by atoms with Crippen LogP contribution in [0.1, 0.15) is 12.8 Å². The number of amides is 1. The molecule has 37 heavy (non-hydrogen) atoms. The predicted molar refractivity (Wildman–Crippen MR) is 143 cm³/mol. The van der Waals surface area contributed by atoms with Gasteiger partial charge in [0, 0.05) is 50.0 Å². The van der Waals surface area contributed by atoms with Gasteiger partial charge in [-0.05, 0) is 49.6 Å². The summed E-state index contributed by atoms with van der Waals surface area (Å²) >= 11 is 0. The van der Waals surface area contributed by atoms with Gasteiger partial charge >= 0.3 is 0 Å².